The lowest BCUT2D eigenvalue weighted by Gasteiger charge is -2.40. The summed E-state index contributed by atoms with van der Waals surface area (Å²) in [7, 11) is -11.4. The van der Waals surface area contributed by atoms with Crippen molar-refractivity contribution >= 4 is 26.5 Å². The number of halogens is 6. The Kier molecular flexibility index (Phi) is 4.76. The first-order chi connectivity index (χ1) is 11.1. The van der Waals surface area contributed by atoms with Crippen molar-refractivity contribution in [2.45, 2.75) is 36.7 Å². The molecule has 0 radical (unpaired) electrons. The largest absolute Gasteiger partial charge is 0.523 e. The van der Waals surface area contributed by atoms with Crippen LogP contribution in [0, 0.1) is 12.8 Å². The Morgan fingerprint density at radius 3 is 2.08 bits per heavy atom. The third kappa shape index (κ3) is 3.17. The van der Waals surface area contributed by atoms with Crippen molar-refractivity contribution in [3.05, 3.63) is 34.2 Å². The summed E-state index contributed by atoms with van der Waals surface area (Å²) in [5, 5.41) is 0. The van der Waals surface area contributed by atoms with Gasteiger partial charge in [0.2, 0.25) is 0 Å². The van der Waals surface area contributed by atoms with Crippen molar-refractivity contribution in [2.24, 2.45) is 5.92 Å². The first kappa shape index (κ1) is 20.1. The molecule has 142 valence electrons. The normalized spacial score (nSPS) is 24.0. The monoisotopic (exact) mass is 408 g/mol. The number of hydrogen-bond donors (Lipinski definition) is 0. The summed E-state index contributed by atoms with van der Waals surface area (Å²) in [4.78, 5) is -1.11. The molecule has 0 amide bonds. The van der Waals surface area contributed by atoms with Gasteiger partial charge >= 0.3 is 21.1 Å². The SMILES string of the molecule is Cc1ccc2c(c1)S(OS(=O)(=O)C(F)(F)F)(C(F)(F)F)C(C(C)C)=C2. The zero-order valence-electron chi connectivity index (χ0n) is 13.2. The van der Waals surface area contributed by atoms with Crippen molar-refractivity contribution in [3.63, 3.8) is 0 Å². The van der Waals surface area contributed by atoms with E-state index in [2.05, 4.69) is 3.63 Å². The summed E-state index contributed by atoms with van der Waals surface area (Å²) in [6.45, 7) is 4.12. The van der Waals surface area contributed by atoms with Gasteiger partial charge < -0.3 is 0 Å². The van der Waals surface area contributed by atoms with Crippen molar-refractivity contribution in [3.8, 4) is 0 Å². The highest BCUT2D eigenvalue weighted by molar-refractivity contribution is 8.37. The van der Waals surface area contributed by atoms with Gasteiger partial charge in [0, 0.05) is 20.1 Å². The van der Waals surface area contributed by atoms with Crippen molar-refractivity contribution < 1.29 is 38.4 Å². The molecule has 0 aromatic heterocycles. The van der Waals surface area contributed by atoms with Crippen LogP contribution in [0.4, 0.5) is 26.3 Å². The molecule has 0 saturated carbocycles. The van der Waals surface area contributed by atoms with Crippen molar-refractivity contribution in [1.82, 2.24) is 0 Å². The molecule has 0 saturated heterocycles. The average molecular weight is 408 g/mol. The van der Waals surface area contributed by atoms with Crippen LogP contribution in [0.1, 0.15) is 25.0 Å². The highest BCUT2D eigenvalue weighted by Gasteiger charge is 2.64. The van der Waals surface area contributed by atoms with E-state index in [4.69, 9.17) is 0 Å². The van der Waals surface area contributed by atoms with Gasteiger partial charge in [-0.2, -0.15) is 38.4 Å². The molecule has 1 heterocycles. The van der Waals surface area contributed by atoms with Crippen molar-refractivity contribution in [2.75, 3.05) is 0 Å². The molecule has 0 N–H and O–H groups in total. The molecule has 0 fully saturated rings. The molecule has 1 aromatic rings. The molecule has 11 heteroatoms. The molecule has 1 atom stereocenters. The smallest absolute Gasteiger partial charge is 0.196 e. The van der Waals surface area contributed by atoms with Gasteiger partial charge in [0.15, 0.2) is 0 Å². The van der Waals surface area contributed by atoms with E-state index in [1.54, 1.807) is 0 Å². The van der Waals surface area contributed by atoms with Crippen molar-refractivity contribution in [1.29, 1.82) is 0 Å². The predicted molar refractivity (Wildman–Crippen MR) is 82.0 cm³/mol. The Labute approximate surface area is 142 Å². The second-order valence-corrected chi connectivity index (χ2v) is 10.1. The van der Waals surface area contributed by atoms with Gasteiger partial charge in [0.25, 0.3) is 0 Å². The Balaban J connectivity index is 2.84. The standard InChI is InChI=1S/C14H14F6O3S2/c1-8(2)11-7-10-5-4-9(3)6-12(10)24(11,13(15,16)17)23-25(21,22)14(18,19)20/h4-8H,1-3H3. The lowest BCUT2D eigenvalue weighted by Crippen LogP contribution is -2.33. The predicted octanol–water partition coefficient (Wildman–Crippen LogP) is 5.47. The Bertz CT molecular complexity index is 824. The molecule has 1 unspecified atom stereocenters. The van der Waals surface area contributed by atoms with Crippen LogP contribution in [0.2, 0.25) is 0 Å². The van der Waals surface area contributed by atoms with E-state index in [9.17, 15) is 34.8 Å². The molecule has 2 rings (SSSR count). The molecular formula is C14H14F6O3S2. The minimum Gasteiger partial charge on any atom is -0.196 e. The second-order valence-electron chi connectivity index (χ2n) is 5.71. The number of alkyl halides is 6. The van der Waals surface area contributed by atoms with E-state index in [-0.39, 0.29) is 5.56 Å². The maximum absolute atomic E-state index is 14.0. The van der Waals surface area contributed by atoms with Gasteiger partial charge in [0.1, 0.15) is 0 Å². The van der Waals surface area contributed by atoms with Crippen LogP contribution >= 0.6 is 10.3 Å². The fourth-order valence-corrected chi connectivity index (χ4v) is 7.26. The molecule has 1 aliphatic heterocycles. The van der Waals surface area contributed by atoms with Gasteiger partial charge in [0.05, 0.1) is 0 Å². The quantitative estimate of drug-likeness (QED) is 0.492. The van der Waals surface area contributed by atoms with E-state index in [0.29, 0.717) is 5.56 Å². The van der Waals surface area contributed by atoms with Crippen LogP contribution in [0.15, 0.2) is 28.0 Å². The highest BCUT2D eigenvalue weighted by Crippen LogP contribution is 2.79. The van der Waals surface area contributed by atoms with E-state index in [0.717, 1.165) is 12.1 Å². The van der Waals surface area contributed by atoms with Crippen LogP contribution in [-0.2, 0) is 13.7 Å². The Hall–Kier alpha value is -1.20. The van der Waals surface area contributed by atoms with Gasteiger partial charge in [-0.1, -0.05) is 26.0 Å². The third-order valence-electron chi connectivity index (χ3n) is 3.48. The van der Waals surface area contributed by atoms with Gasteiger partial charge in [-0.25, -0.2) is 0 Å². The zero-order chi connectivity index (χ0) is 19.4. The second kappa shape index (κ2) is 5.92. The fraction of sp³-hybridized carbons (Fsp3) is 0.429. The highest BCUT2D eigenvalue weighted by atomic mass is 32.3. The van der Waals surface area contributed by atoms with Crippen LogP contribution in [0.3, 0.4) is 0 Å². The summed E-state index contributed by atoms with van der Waals surface area (Å²) in [6, 6.07) is 3.81. The summed E-state index contributed by atoms with van der Waals surface area (Å²) in [5.74, 6) is -0.882. The molecule has 25 heavy (non-hydrogen) atoms. The van der Waals surface area contributed by atoms with Gasteiger partial charge in [-0.3, -0.25) is 0 Å². The van der Waals surface area contributed by atoms with Crippen LogP contribution in [0.5, 0.6) is 0 Å². The number of hydrogen-bond acceptors (Lipinski definition) is 3. The number of benzene rings is 1. The lowest BCUT2D eigenvalue weighted by molar-refractivity contribution is -0.0547. The van der Waals surface area contributed by atoms with E-state index in [1.807, 2.05) is 0 Å². The minimum absolute atomic E-state index is 0.000926. The molecule has 0 aliphatic carbocycles. The molecule has 0 spiro atoms. The molecule has 1 aliphatic rings. The van der Waals surface area contributed by atoms with Gasteiger partial charge in [-0.15, -0.1) is 0 Å². The van der Waals surface area contributed by atoms with Crippen LogP contribution in [-0.4, -0.2) is 19.4 Å². The first-order valence-corrected chi connectivity index (χ1v) is 9.84. The topological polar surface area (TPSA) is 43.4 Å². The van der Waals surface area contributed by atoms with Gasteiger partial charge in [-0.05, 0) is 36.1 Å². The lowest BCUT2D eigenvalue weighted by atomic mass is 10.1. The first-order valence-electron chi connectivity index (χ1n) is 6.88. The molecule has 3 nitrogen and oxygen atoms in total. The number of allylic oxidation sites excluding steroid dienone is 1. The third-order valence-corrected chi connectivity index (χ3v) is 8.46. The molecule has 0 bridgehead atoms. The Morgan fingerprint density at radius 2 is 1.64 bits per heavy atom. The fourth-order valence-electron chi connectivity index (χ4n) is 2.42. The van der Waals surface area contributed by atoms with E-state index < -0.39 is 47.2 Å². The van der Waals surface area contributed by atoms with E-state index in [1.165, 1.54) is 32.9 Å². The minimum atomic E-state index is -6.47. The maximum atomic E-state index is 14.0. The zero-order valence-corrected chi connectivity index (χ0v) is 14.8. The Morgan fingerprint density at radius 1 is 1.08 bits per heavy atom. The molecular weight excluding hydrogens is 394 g/mol. The van der Waals surface area contributed by atoms with Crippen LogP contribution in [0.25, 0.3) is 6.08 Å². The van der Waals surface area contributed by atoms with E-state index >= 15 is 0 Å². The summed E-state index contributed by atoms with van der Waals surface area (Å²) in [5.41, 5.74) is -11.0. The number of rotatable bonds is 3. The summed E-state index contributed by atoms with van der Waals surface area (Å²) in [6.07, 6.45) is 1.06. The average Bonchev–Trinajstić information content (AvgIpc) is 2.72. The molecule has 1 aromatic carbocycles. The maximum Gasteiger partial charge on any atom is 0.523 e. The summed E-state index contributed by atoms with van der Waals surface area (Å²) < 4.78 is 107. The summed E-state index contributed by atoms with van der Waals surface area (Å²) >= 11 is 0. The number of aryl methyl sites for hydroxylation is 1. The number of fused-ring (bicyclic) bond motifs is 1. The van der Waals surface area contributed by atoms with Crippen LogP contribution < -0.4 is 0 Å².